The first-order valence-corrected chi connectivity index (χ1v) is 8.54. The Morgan fingerprint density at radius 3 is 2.55 bits per heavy atom. The Balaban J connectivity index is 1.96. The molecule has 3 rings (SSSR count). The van der Waals surface area contributed by atoms with Crippen molar-refractivity contribution in [3.05, 3.63) is 70.3 Å². The zero-order chi connectivity index (χ0) is 13.9. The van der Waals surface area contributed by atoms with Crippen molar-refractivity contribution in [2.45, 2.75) is 43.9 Å². The number of aryl methyl sites for hydroxylation is 3. The molecular formula is C19H21Br. The molecule has 0 bridgehead atoms. The fourth-order valence-electron chi connectivity index (χ4n) is 3.19. The zero-order valence-electron chi connectivity index (χ0n) is 12.0. The first-order valence-electron chi connectivity index (χ1n) is 7.63. The van der Waals surface area contributed by atoms with Gasteiger partial charge in [0, 0.05) is 0 Å². The van der Waals surface area contributed by atoms with E-state index in [0.29, 0.717) is 4.83 Å². The third-order valence-corrected chi connectivity index (χ3v) is 5.40. The van der Waals surface area contributed by atoms with Gasteiger partial charge in [0.2, 0.25) is 0 Å². The molecule has 1 atom stereocenters. The van der Waals surface area contributed by atoms with Gasteiger partial charge in [0.1, 0.15) is 0 Å². The van der Waals surface area contributed by atoms with Gasteiger partial charge in [-0.05, 0) is 59.9 Å². The van der Waals surface area contributed by atoms with Crippen LogP contribution in [0.3, 0.4) is 0 Å². The normalized spacial score (nSPS) is 15.7. The minimum absolute atomic E-state index is 0.311. The topological polar surface area (TPSA) is 0 Å². The number of hydrogen-bond donors (Lipinski definition) is 0. The van der Waals surface area contributed by atoms with E-state index < -0.39 is 0 Å². The van der Waals surface area contributed by atoms with E-state index in [2.05, 4.69) is 65.3 Å². The van der Waals surface area contributed by atoms with E-state index in [-0.39, 0.29) is 0 Å². The second-order valence-corrected chi connectivity index (χ2v) is 6.57. The quantitative estimate of drug-likeness (QED) is 0.642. The molecule has 20 heavy (non-hydrogen) atoms. The van der Waals surface area contributed by atoms with Crippen LogP contribution in [0.5, 0.6) is 0 Å². The van der Waals surface area contributed by atoms with Crippen LogP contribution < -0.4 is 0 Å². The van der Waals surface area contributed by atoms with E-state index in [0.717, 1.165) is 6.42 Å². The molecule has 0 aliphatic heterocycles. The minimum Gasteiger partial charge on any atom is -0.0786 e. The van der Waals surface area contributed by atoms with Gasteiger partial charge in [-0.15, -0.1) is 0 Å². The molecule has 0 fully saturated rings. The first kappa shape index (κ1) is 13.9. The van der Waals surface area contributed by atoms with Crippen molar-refractivity contribution in [3.63, 3.8) is 0 Å². The van der Waals surface area contributed by atoms with Crippen LogP contribution in [-0.2, 0) is 19.3 Å². The lowest BCUT2D eigenvalue weighted by atomic mass is 9.88. The summed E-state index contributed by atoms with van der Waals surface area (Å²) in [6, 6.07) is 15.8. The molecule has 0 amide bonds. The van der Waals surface area contributed by atoms with Gasteiger partial charge in [0.25, 0.3) is 0 Å². The fraction of sp³-hybridized carbons (Fsp3) is 0.368. The van der Waals surface area contributed by atoms with Gasteiger partial charge in [0.15, 0.2) is 0 Å². The highest BCUT2D eigenvalue weighted by atomic mass is 79.9. The van der Waals surface area contributed by atoms with Gasteiger partial charge in [-0.3, -0.25) is 0 Å². The van der Waals surface area contributed by atoms with Crippen LogP contribution in [-0.4, -0.2) is 0 Å². The zero-order valence-corrected chi connectivity index (χ0v) is 13.6. The van der Waals surface area contributed by atoms with Gasteiger partial charge >= 0.3 is 0 Å². The van der Waals surface area contributed by atoms with Gasteiger partial charge in [-0.25, -0.2) is 0 Å². The maximum absolute atomic E-state index is 3.91. The average Bonchev–Trinajstić information content (AvgIpc) is 2.53. The molecule has 2 aromatic carbocycles. The maximum Gasteiger partial charge on any atom is 0.0647 e. The van der Waals surface area contributed by atoms with E-state index in [1.54, 1.807) is 11.1 Å². The Labute approximate surface area is 130 Å². The summed E-state index contributed by atoms with van der Waals surface area (Å²) in [5.74, 6) is 0. The van der Waals surface area contributed by atoms with Crippen molar-refractivity contribution in [2.24, 2.45) is 0 Å². The van der Waals surface area contributed by atoms with Crippen LogP contribution in [0.25, 0.3) is 0 Å². The molecular weight excluding hydrogens is 308 g/mol. The van der Waals surface area contributed by atoms with E-state index >= 15 is 0 Å². The van der Waals surface area contributed by atoms with Crippen molar-refractivity contribution in [1.29, 1.82) is 0 Å². The van der Waals surface area contributed by atoms with Crippen molar-refractivity contribution in [2.75, 3.05) is 0 Å². The van der Waals surface area contributed by atoms with E-state index in [1.807, 2.05) is 0 Å². The SMILES string of the molecule is CCc1ccccc1C(Br)c1ccc2c(c1)CCCC2. The molecule has 1 unspecified atom stereocenters. The predicted octanol–water partition coefficient (Wildman–Crippen LogP) is 5.61. The van der Waals surface area contributed by atoms with Crippen molar-refractivity contribution >= 4 is 15.9 Å². The second-order valence-electron chi connectivity index (χ2n) is 5.65. The Morgan fingerprint density at radius 1 is 1.00 bits per heavy atom. The standard InChI is InChI=1S/C19H21Br/c1-2-14-7-5-6-10-18(14)19(20)17-12-11-15-8-3-4-9-16(15)13-17/h5-7,10-13,19H,2-4,8-9H2,1H3. The third kappa shape index (κ3) is 2.69. The smallest absolute Gasteiger partial charge is 0.0647 e. The van der Waals surface area contributed by atoms with Crippen LogP contribution in [0.15, 0.2) is 42.5 Å². The van der Waals surface area contributed by atoms with Crippen LogP contribution in [0.4, 0.5) is 0 Å². The summed E-state index contributed by atoms with van der Waals surface area (Å²) >= 11 is 3.91. The lowest BCUT2D eigenvalue weighted by Gasteiger charge is -2.20. The van der Waals surface area contributed by atoms with Crippen LogP contribution in [0.2, 0.25) is 0 Å². The number of rotatable bonds is 3. The molecule has 0 nitrogen and oxygen atoms in total. The summed E-state index contributed by atoms with van der Waals surface area (Å²) in [4.78, 5) is 0.311. The Bertz CT molecular complexity index is 600. The number of benzene rings is 2. The van der Waals surface area contributed by atoms with E-state index in [9.17, 15) is 0 Å². The van der Waals surface area contributed by atoms with Crippen molar-refractivity contribution in [3.8, 4) is 0 Å². The van der Waals surface area contributed by atoms with Crippen LogP contribution >= 0.6 is 15.9 Å². The fourth-order valence-corrected chi connectivity index (χ4v) is 3.93. The third-order valence-electron chi connectivity index (χ3n) is 4.37. The van der Waals surface area contributed by atoms with Gasteiger partial charge in [0.05, 0.1) is 4.83 Å². The average molecular weight is 329 g/mol. The Kier molecular flexibility index (Phi) is 4.26. The molecule has 1 aliphatic rings. The molecule has 1 heteroatoms. The summed E-state index contributed by atoms with van der Waals surface area (Å²) in [7, 11) is 0. The predicted molar refractivity (Wildman–Crippen MR) is 89.7 cm³/mol. The van der Waals surface area contributed by atoms with Crippen LogP contribution in [0, 0.1) is 0 Å². The lowest BCUT2D eigenvalue weighted by Crippen LogP contribution is -2.05. The van der Waals surface area contributed by atoms with Crippen molar-refractivity contribution in [1.82, 2.24) is 0 Å². The summed E-state index contributed by atoms with van der Waals surface area (Å²) in [6.45, 7) is 2.23. The minimum atomic E-state index is 0.311. The van der Waals surface area contributed by atoms with E-state index in [4.69, 9.17) is 0 Å². The molecule has 2 aromatic rings. The molecule has 0 saturated carbocycles. The highest BCUT2D eigenvalue weighted by Crippen LogP contribution is 2.35. The van der Waals surface area contributed by atoms with Crippen LogP contribution in [0.1, 0.15) is 52.4 Å². The molecule has 0 heterocycles. The first-order chi connectivity index (χ1) is 9.79. The second kappa shape index (κ2) is 6.13. The monoisotopic (exact) mass is 328 g/mol. The van der Waals surface area contributed by atoms with Crippen molar-refractivity contribution < 1.29 is 0 Å². The van der Waals surface area contributed by atoms with Gasteiger partial charge in [-0.2, -0.15) is 0 Å². The molecule has 1 aliphatic carbocycles. The number of fused-ring (bicyclic) bond motifs is 1. The molecule has 104 valence electrons. The molecule has 0 N–H and O–H groups in total. The number of halogens is 1. The molecule has 0 saturated heterocycles. The lowest BCUT2D eigenvalue weighted by molar-refractivity contribution is 0.684. The molecule has 0 radical (unpaired) electrons. The highest BCUT2D eigenvalue weighted by molar-refractivity contribution is 9.09. The van der Waals surface area contributed by atoms with E-state index in [1.165, 1.54) is 42.4 Å². The number of hydrogen-bond acceptors (Lipinski definition) is 0. The maximum atomic E-state index is 3.91. The van der Waals surface area contributed by atoms with Gasteiger partial charge in [-0.1, -0.05) is 65.3 Å². The molecule has 0 spiro atoms. The summed E-state index contributed by atoms with van der Waals surface area (Å²) in [5, 5.41) is 0. The largest absolute Gasteiger partial charge is 0.0786 e. The Morgan fingerprint density at radius 2 is 1.75 bits per heavy atom. The van der Waals surface area contributed by atoms with Gasteiger partial charge < -0.3 is 0 Å². The number of alkyl halides is 1. The highest BCUT2D eigenvalue weighted by Gasteiger charge is 2.16. The summed E-state index contributed by atoms with van der Waals surface area (Å²) in [6.07, 6.45) is 6.29. The molecule has 0 aromatic heterocycles. The Hall–Kier alpha value is -1.08. The summed E-state index contributed by atoms with van der Waals surface area (Å²) < 4.78 is 0. The summed E-state index contributed by atoms with van der Waals surface area (Å²) in [5.41, 5.74) is 7.36.